The van der Waals surface area contributed by atoms with Gasteiger partial charge in [-0.1, -0.05) is 13.3 Å². The number of unbranched alkanes of at least 4 members (excludes halogenated alkanes) is 1. The van der Waals surface area contributed by atoms with Crippen molar-refractivity contribution in [2.45, 2.75) is 45.8 Å². The Kier molecular flexibility index (Phi) is 5.62. The molecular weight excluding hydrogens is 238 g/mol. The highest BCUT2D eigenvalue weighted by atomic mass is 15.1. The molecule has 1 N–H and O–H groups in total. The largest absolute Gasteiger partial charge is 0.337 e. The minimum absolute atomic E-state index is 0.848. The average molecular weight is 261 g/mol. The summed E-state index contributed by atoms with van der Waals surface area (Å²) in [5, 5.41) is 3.45. The normalized spacial score (nSPS) is 11.0. The van der Waals surface area contributed by atoms with Crippen LogP contribution in [0.3, 0.4) is 0 Å². The van der Waals surface area contributed by atoms with Crippen LogP contribution >= 0.6 is 0 Å². The van der Waals surface area contributed by atoms with Gasteiger partial charge in [-0.2, -0.15) is 0 Å². The predicted molar refractivity (Wildman–Crippen MR) is 75.7 cm³/mol. The summed E-state index contributed by atoms with van der Waals surface area (Å²) in [6.07, 6.45) is 13.2. The first kappa shape index (κ1) is 13.8. The zero-order valence-electron chi connectivity index (χ0n) is 11.6. The average Bonchev–Trinajstić information content (AvgIpc) is 3.07. The number of hydrogen-bond acceptors (Lipinski definition) is 3. The second-order valence-corrected chi connectivity index (χ2v) is 4.72. The minimum atomic E-state index is 0.848. The van der Waals surface area contributed by atoms with Gasteiger partial charge >= 0.3 is 0 Å². The van der Waals surface area contributed by atoms with E-state index >= 15 is 0 Å². The standard InChI is InChI=1S/C14H23N5/c1-2-3-9-19-11-7-17-14(19)12-15-5-4-8-18-10-6-16-13-18/h6-7,10-11,13,15H,2-5,8-9,12H2,1H3. The van der Waals surface area contributed by atoms with Gasteiger partial charge in [-0.05, 0) is 19.4 Å². The maximum atomic E-state index is 4.40. The highest BCUT2D eigenvalue weighted by molar-refractivity contribution is 4.91. The predicted octanol–water partition coefficient (Wildman–Crippen LogP) is 2.06. The fourth-order valence-electron chi connectivity index (χ4n) is 2.05. The quantitative estimate of drug-likeness (QED) is 0.703. The van der Waals surface area contributed by atoms with Gasteiger partial charge in [0.1, 0.15) is 5.82 Å². The van der Waals surface area contributed by atoms with Gasteiger partial charge in [0.15, 0.2) is 0 Å². The smallest absolute Gasteiger partial charge is 0.122 e. The molecule has 0 radical (unpaired) electrons. The van der Waals surface area contributed by atoms with Gasteiger partial charge in [-0.3, -0.25) is 0 Å². The molecule has 0 aromatic carbocycles. The van der Waals surface area contributed by atoms with Crippen LogP contribution in [0.1, 0.15) is 32.0 Å². The van der Waals surface area contributed by atoms with Crippen LogP contribution in [0.15, 0.2) is 31.1 Å². The lowest BCUT2D eigenvalue weighted by atomic mass is 10.3. The van der Waals surface area contributed by atoms with E-state index in [2.05, 4.69) is 37.5 Å². The van der Waals surface area contributed by atoms with Crippen molar-refractivity contribution in [1.29, 1.82) is 0 Å². The van der Waals surface area contributed by atoms with E-state index in [1.807, 2.05) is 24.9 Å². The molecule has 0 aliphatic carbocycles. The van der Waals surface area contributed by atoms with E-state index in [9.17, 15) is 0 Å². The van der Waals surface area contributed by atoms with Crippen molar-refractivity contribution in [1.82, 2.24) is 24.4 Å². The van der Waals surface area contributed by atoms with Crippen LogP contribution < -0.4 is 5.32 Å². The second-order valence-electron chi connectivity index (χ2n) is 4.72. The molecule has 0 atom stereocenters. The minimum Gasteiger partial charge on any atom is -0.337 e. The molecule has 2 heterocycles. The van der Waals surface area contributed by atoms with Crippen LogP contribution in [0.2, 0.25) is 0 Å². The van der Waals surface area contributed by atoms with Crippen molar-refractivity contribution in [3.63, 3.8) is 0 Å². The number of hydrogen-bond donors (Lipinski definition) is 1. The summed E-state index contributed by atoms with van der Waals surface area (Å²) in [4.78, 5) is 8.43. The molecule has 2 aromatic rings. The van der Waals surface area contributed by atoms with Crippen LogP contribution in [-0.4, -0.2) is 25.6 Å². The van der Waals surface area contributed by atoms with Crippen LogP contribution in [-0.2, 0) is 19.6 Å². The number of nitrogens with zero attached hydrogens (tertiary/aromatic N) is 4. The number of rotatable bonds is 9. The fourth-order valence-corrected chi connectivity index (χ4v) is 2.05. The van der Waals surface area contributed by atoms with E-state index < -0.39 is 0 Å². The van der Waals surface area contributed by atoms with Crippen molar-refractivity contribution in [3.8, 4) is 0 Å². The van der Waals surface area contributed by atoms with E-state index in [-0.39, 0.29) is 0 Å². The molecule has 0 unspecified atom stereocenters. The summed E-state index contributed by atoms with van der Waals surface area (Å²) < 4.78 is 4.34. The van der Waals surface area contributed by atoms with Crippen molar-refractivity contribution < 1.29 is 0 Å². The van der Waals surface area contributed by atoms with Gasteiger partial charge in [-0.15, -0.1) is 0 Å². The number of imidazole rings is 2. The van der Waals surface area contributed by atoms with Gasteiger partial charge in [0.05, 0.1) is 12.9 Å². The second kappa shape index (κ2) is 7.74. The van der Waals surface area contributed by atoms with Gasteiger partial charge < -0.3 is 14.5 Å². The zero-order valence-corrected chi connectivity index (χ0v) is 11.6. The first-order valence-electron chi connectivity index (χ1n) is 7.06. The summed E-state index contributed by atoms with van der Waals surface area (Å²) in [7, 11) is 0. The van der Waals surface area contributed by atoms with Gasteiger partial charge in [-0.25, -0.2) is 9.97 Å². The molecule has 0 aliphatic rings. The number of aryl methyl sites for hydroxylation is 2. The number of aromatic nitrogens is 4. The molecule has 2 rings (SSSR count). The lowest BCUT2D eigenvalue weighted by molar-refractivity contribution is 0.543. The molecule has 19 heavy (non-hydrogen) atoms. The summed E-state index contributed by atoms with van der Waals surface area (Å²) in [5.74, 6) is 1.14. The van der Waals surface area contributed by atoms with E-state index in [0.717, 1.165) is 38.4 Å². The van der Waals surface area contributed by atoms with Crippen molar-refractivity contribution in [3.05, 3.63) is 36.9 Å². The molecule has 0 fully saturated rings. The van der Waals surface area contributed by atoms with Gasteiger partial charge in [0.2, 0.25) is 0 Å². The molecule has 104 valence electrons. The lowest BCUT2D eigenvalue weighted by Gasteiger charge is -2.08. The van der Waals surface area contributed by atoms with Gasteiger partial charge in [0, 0.05) is 37.9 Å². The van der Waals surface area contributed by atoms with E-state index in [1.54, 1.807) is 0 Å². The molecule has 5 nitrogen and oxygen atoms in total. The number of nitrogens with one attached hydrogen (secondary N) is 1. The first-order valence-corrected chi connectivity index (χ1v) is 7.06. The monoisotopic (exact) mass is 261 g/mol. The van der Waals surface area contributed by atoms with Crippen molar-refractivity contribution in [2.75, 3.05) is 6.54 Å². The van der Waals surface area contributed by atoms with E-state index in [1.165, 1.54) is 12.8 Å². The Morgan fingerprint density at radius 3 is 2.89 bits per heavy atom. The van der Waals surface area contributed by atoms with E-state index in [0.29, 0.717) is 0 Å². The maximum absolute atomic E-state index is 4.40. The van der Waals surface area contributed by atoms with Crippen LogP contribution in [0.25, 0.3) is 0 Å². The summed E-state index contributed by atoms with van der Waals surface area (Å²) in [6, 6.07) is 0. The maximum Gasteiger partial charge on any atom is 0.122 e. The molecule has 0 aliphatic heterocycles. The SMILES string of the molecule is CCCCn1ccnc1CNCCCn1ccnc1. The highest BCUT2D eigenvalue weighted by Crippen LogP contribution is 2.01. The third-order valence-electron chi connectivity index (χ3n) is 3.17. The molecule has 0 saturated carbocycles. The molecule has 0 amide bonds. The van der Waals surface area contributed by atoms with Crippen LogP contribution in [0.4, 0.5) is 0 Å². The first-order chi connectivity index (χ1) is 9.40. The van der Waals surface area contributed by atoms with Crippen molar-refractivity contribution in [2.24, 2.45) is 0 Å². The molecule has 5 heteroatoms. The molecule has 2 aromatic heterocycles. The molecule has 0 saturated heterocycles. The highest BCUT2D eigenvalue weighted by Gasteiger charge is 2.01. The van der Waals surface area contributed by atoms with Gasteiger partial charge in [0.25, 0.3) is 0 Å². The van der Waals surface area contributed by atoms with Crippen LogP contribution in [0, 0.1) is 0 Å². The summed E-state index contributed by atoms with van der Waals surface area (Å²) >= 11 is 0. The summed E-state index contributed by atoms with van der Waals surface area (Å²) in [6.45, 7) is 6.14. The van der Waals surface area contributed by atoms with Crippen molar-refractivity contribution >= 4 is 0 Å². The third kappa shape index (κ3) is 4.52. The Labute approximate surface area is 114 Å². The molecule has 0 bridgehead atoms. The Morgan fingerprint density at radius 1 is 1.16 bits per heavy atom. The summed E-state index contributed by atoms with van der Waals surface area (Å²) in [5.41, 5.74) is 0. The van der Waals surface area contributed by atoms with Crippen LogP contribution in [0.5, 0.6) is 0 Å². The third-order valence-corrected chi connectivity index (χ3v) is 3.17. The Morgan fingerprint density at radius 2 is 2.11 bits per heavy atom. The Balaban J connectivity index is 1.63. The fraction of sp³-hybridized carbons (Fsp3) is 0.571. The lowest BCUT2D eigenvalue weighted by Crippen LogP contribution is -2.19. The topological polar surface area (TPSA) is 47.7 Å². The molecular formula is C14H23N5. The van der Waals surface area contributed by atoms with E-state index in [4.69, 9.17) is 0 Å². The molecule has 0 spiro atoms. The Bertz CT molecular complexity index is 446. The Hall–Kier alpha value is -1.62. The zero-order chi connectivity index (χ0) is 13.3.